The first-order chi connectivity index (χ1) is 19.5. The van der Waals surface area contributed by atoms with Gasteiger partial charge in [0.1, 0.15) is 0 Å². The Morgan fingerprint density at radius 2 is 0.975 bits per heavy atom. The number of unbranched alkanes of at least 4 members (excludes halogenated alkanes) is 6. The second-order valence-corrected chi connectivity index (χ2v) is 11.0. The molecular formula is C38H44N2. The number of anilines is 2. The average Bonchev–Trinajstić information content (AvgIpc) is 2.99. The smallest absolute Gasteiger partial charge is 0.0450 e. The Morgan fingerprint density at radius 3 is 1.35 bits per heavy atom. The van der Waals surface area contributed by atoms with Crippen molar-refractivity contribution in [1.82, 2.24) is 0 Å². The summed E-state index contributed by atoms with van der Waals surface area (Å²) in [6.45, 7) is 6.58. The lowest BCUT2D eigenvalue weighted by Crippen LogP contribution is -2.21. The highest BCUT2D eigenvalue weighted by Gasteiger charge is 2.21. The van der Waals surface area contributed by atoms with E-state index < -0.39 is 0 Å². The summed E-state index contributed by atoms with van der Waals surface area (Å²) < 4.78 is 0. The molecule has 4 rings (SSSR count). The lowest BCUT2D eigenvalue weighted by atomic mass is 9.89. The van der Waals surface area contributed by atoms with Crippen molar-refractivity contribution in [3.63, 3.8) is 0 Å². The fourth-order valence-corrected chi connectivity index (χ4v) is 5.77. The minimum absolute atomic E-state index is 0.906. The third-order valence-electron chi connectivity index (χ3n) is 8.10. The van der Waals surface area contributed by atoms with Crippen LogP contribution in [-0.2, 0) is 0 Å². The molecule has 0 spiro atoms. The molecule has 0 saturated heterocycles. The van der Waals surface area contributed by atoms with E-state index in [1.54, 1.807) is 0 Å². The Morgan fingerprint density at radius 1 is 0.550 bits per heavy atom. The summed E-state index contributed by atoms with van der Waals surface area (Å²) in [5.41, 5.74) is 6.87. The highest BCUT2D eigenvalue weighted by atomic mass is 15.1. The van der Waals surface area contributed by atoms with Crippen molar-refractivity contribution in [2.75, 3.05) is 37.0 Å². The summed E-state index contributed by atoms with van der Waals surface area (Å²) in [6, 6.07) is 21.9. The molecule has 4 aromatic carbocycles. The lowest BCUT2D eigenvalue weighted by Gasteiger charge is -2.29. The molecule has 0 unspecified atom stereocenters. The predicted octanol–water partition coefficient (Wildman–Crippen LogP) is 9.66. The summed E-state index contributed by atoms with van der Waals surface area (Å²) in [6.07, 6.45) is 21.5. The largest absolute Gasteiger partial charge is 0.374 e. The van der Waals surface area contributed by atoms with E-state index in [9.17, 15) is 0 Å². The van der Waals surface area contributed by atoms with Crippen LogP contribution in [0.5, 0.6) is 0 Å². The molecule has 0 fully saturated rings. The van der Waals surface area contributed by atoms with Crippen LogP contribution in [0.3, 0.4) is 0 Å². The molecule has 0 aliphatic carbocycles. The van der Waals surface area contributed by atoms with Crippen molar-refractivity contribution < 1.29 is 0 Å². The van der Waals surface area contributed by atoms with Gasteiger partial charge >= 0.3 is 0 Å². The molecule has 0 amide bonds. The number of rotatable bonds is 13. The van der Waals surface area contributed by atoms with E-state index in [-0.39, 0.29) is 0 Å². The van der Waals surface area contributed by atoms with Gasteiger partial charge in [0.2, 0.25) is 0 Å². The second-order valence-electron chi connectivity index (χ2n) is 11.0. The summed E-state index contributed by atoms with van der Waals surface area (Å²) in [5, 5.41) is 4.79. The van der Waals surface area contributed by atoms with Gasteiger partial charge in [-0.05, 0) is 70.8 Å². The zero-order chi connectivity index (χ0) is 28.5. The molecule has 2 nitrogen and oxygen atoms in total. The van der Waals surface area contributed by atoms with Gasteiger partial charge in [-0.2, -0.15) is 0 Å². The topological polar surface area (TPSA) is 6.48 Å². The summed E-state index contributed by atoms with van der Waals surface area (Å²) in [7, 11) is 4.48. The molecule has 40 heavy (non-hydrogen) atoms. The van der Waals surface area contributed by atoms with Gasteiger partial charge in [-0.25, -0.2) is 0 Å². The van der Waals surface area contributed by atoms with Crippen LogP contribution in [0.25, 0.3) is 32.7 Å². The quantitative estimate of drug-likeness (QED) is 0.126. The molecule has 4 aromatic rings. The van der Waals surface area contributed by atoms with Crippen LogP contribution in [0.15, 0.2) is 60.7 Å². The zero-order valence-corrected chi connectivity index (χ0v) is 24.9. The molecule has 0 N–H and O–H groups in total. The van der Waals surface area contributed by atoms with Crippen molar-refractivity contribution >= 4 is 32.9 Å². The molecule has 0 aliphatic rings. The maximum atomic E-state index is 5.80. The van der Waals surface area contributed by atoms with E-state index in [2.05, 4.69) is 110 Å². The molecule has 0 atom stereocenters. The third kappa shape index (κ3) is 6.46. The highest BCUT2D eigenvalue weighted by Crippen LogP contribution is 2.46. The number of hydrogen-bond donors (Lipinski definition) is 0. The van der Waals surface area contributed by atoms with Crippen LogP contribution in [0.2, 0.25) is 0 Å². The van der Waals surface area contributed by atoms with E-state index in [1.807, 2.05) is 0 Å². The summed E-state index contributed by atoms with van der Waals surface area (Å²) >= 11 is 0. The molecule has 2 heteroatoms. The van der Waals surface area contributed by atoms with Gasteiger partial charge in [-0.15, -0.1) is 12.8 Å². The monoisotopic (exact) mass is 528 g/mol. The molecule has 0 aromatic heterocycles. The van der Waals surface area contributed by atoms with Gasteiger partial charge in [0.05, 0.1) is 0 Å². The first kappa shape index (κ1) is 29.1. The number of fused-ring (bicyclic) bond motifs is 2. The molecule has 206 valence electrons. The standard InChI is InChI=1S/C38H44N2/c1-7-11-13-15-25-39(5)35-23-19-31-27-29(9-3)17-21-33(31)37(35)38-34-22-18-30(10-4)28-32(34)20-24-36(38)40(6)26-16-14-12-8-2/h3-4,17-24,27-28H,7-8,11-16,25-26H2,1-2,5-6H3. The van der Waals surface area contributed by atoms with Gasteiger partial charge in [0.15, 0.2) is 0 Å². The van der Waals surface area contributed by atoms with E-state index in [0.717, 1.165) is 24.2 Å². The Hall–Kier alpha value is -3.88. The normalized spacial score (nSPS) is 10.9. The van der Waals surface area contributed by atoms with Crippen LogP contribution >= 0.6 is 0 Å². The van der Waals surface area contributed by atoms with Gasteiger partial charge in [0, 0.05) is 60.8 Å². The van der Waals surface area contributed by atoms with Gasteiger partial charge in [0.25, 0.3) is 0 Å². The van der Waals surface area contributed by atoms with Crippen molar-refractivity contribution in [2.24, 2.45) is 0 Å². The van der Waals surface area contributed by atoms with Gasteiger partial charge in [-0.3, -0.25) is 0 Å². The second kappa shape index (κ2) is 14.0. The zero-order valence-electron chi connectivity index (χ0n) is 24.9. The number of hydrogen-bond acceptors (Lipinski definition) is 2. The van der Waals surface area contributed by atoms with Crippen LogP contribution < -0.4 is 9.80 Å². The summed E-state index contributed by atoms with van der Waals surface area (Å²) in [4.78, 5) is 4.89. The SMILES string of the molecule is C#Cc1ccc2c(-c3c(N(C)CCCCCC)ccc4cc(C#C)ccc34)c(N(C)CCCCCC)ccc2c1. The van der Waals surface area contributed by atoms with E-state index in [0.29, 0.717) is 0 Å². The lowest BCUT2D eigenvalue weighted by molar-refractivity contribution is 0.661. The third-order valence-corrected chi connectivity index (χ3v) is 8.10. The molecule has 0 aliphatic heterocycles. The molecular weight excluding hydrogens is 484 g/mol. The fraction of sp³-hybridized carbons (Fsp3) is 0.368. The maximum Gasteiger partial charge on any atom is 0.0450 e. The average molecular weight is 529 g/mol. The van der Waals surface area contributed by atoms with E-state index >= 15 is 0 Å². The van der Waals surface area contributed by atoms with Crippen molar-refractivity contribution in [3.8, 4) is 35.8 Å². The first-order valence-corrected chi connectivity index (χ1v) is 15.0. The maximum absolute atomic E-state index is 5.80. The molecule has 0 saturated carbocycles. The van der Waals surface area contributed by atoms with E-state index in [4.69, 9.17) is 12.8 Å². The number of nitrogens with zero attached hydrogens (tertiary/aromatic N) is 2. The Bertz CT molecular complexity index is 1410. The summed E-state index contributed by atoms with van der Waals surface area (Å²) in [5.74, 6) is 5.65. The first-order valence-electron chi connectivity index (χ1n) is 15.0. The Labute approximate surface area is 242 Å². The minimum Gasteiger partial charge on any atom is -0.374 e. The Kier molecular flexibility index (Phi) is 10.2. The van der Waals surface area contributed by atoms with Gasteiger partial charge in [-0.1, -0.05) is 88.5 Å². The number of benzene rings is 4. The minimum atomic E-state index is 0.906. The fourth-order valence-electron chi connectivity index (χ4n) is 5.77. The van der Waals surface area contributed by atoms with Crippen molar-refractivity contribution in [2.45, 2.75) is 65.2 Å². The molecule has 0 bridgehead atoms. The van der Waals surface area contributed by atoms with Gasteiger partial charge < -0.3 is 9.80 Å². The molecule has 0 heterocycles. The van der Waals surface area contributed by atoms with Crippen molar-refractivity contribution in [1.29, 1.82) is 0 Å². The Balaban J connectivity index is 1.97. The van der Waals surface area contributed by atoms with E-state index in [1.165, 1.54) is 95.4 Å². The highest BCUT2D eigenvalue weighted by molar-refractivity contribution is 6.14. The number of terminal acetylenes is 2. The van der Waals surface area contributed by atoms with Crippen LogP contribution in [0, 0.1) is 24.7 Å². The molecule has 0 radical (unpaired) electrons. The van der Waals surface area contributed by atoms with Crippen molar-refractivity contribution in [3.05, 3.63) is 71.8 Å². The van der Waals surface area contributed by atoms with Crippen LogP contribution in [0.1, 0.15) is 76.3 Å². The van der Waals surface area contributed by atoms with Crippen LogP contribution in [-0.4, -0.2) is 27.2 Å². The van der Waals surface area contributed by atoms with Crippen LogP contribution in [0.4, 0.5) is 11.4 Å². The predicted molar refractivity (Wildman–Crippen MR) is 178 cm³/mol.